The minimum Gasteiger partial charge on any atom is -0.464 e. The smallest absolute Gasteiger partial charge is 0.356 e. The van der Waals surface area contributed by atoms with Crippen LogP contribution in [-0.4, -0.2) is 52.8 Å². The van der Waals surface area contributed by atoms with Crippen molar-refractivity contribution in [2.45, 2.75) is 0 Å². The lowest BCUT2D eigenvalue weighted by atomic mass is 10.3. The second kappa shape index (κ2) is 6.97. The number of hydrogen-bond donors (Lipinski definition) is 1. The molecule has 1 N–H and O–H groups in total. The van der Waals surface area contributed by atoms with Crippen LogP contribution in [0, 0.1) is 10.1 Å². The first-order valence-electron chi connectivity index (χ1n) is 5.85. The molecule has 0 aliphatic heterocycles. The van der Waals surface area contributed by atoms with Gasteiger partial charge in [0.2, 0.25) is 5.82 Å². The first-order valence-corrected chi connectivity index (χ1v) is 8.18. The van der Waals surface area contributed by atoms with E-state index in [2.05, 4.69) is 19.4 Å². The summed E-state index contributed by atoms with van der Waals surface area (Å²) in [4.78, 5) is 25.5. The maximum Gasteiger partial charge on any atom is 0.356 e. The van der Waals surface area contributed by atoms with Crippen LogP contribution in [0.1, 0.15) is 10.5 Å². The molecule has 0 spiro atoms. The fraction of sp³-hybridized carbons (Fsp3) is 0.455. The Labute approximate surface area is 122 Å². The van der Waals surface area contributed by atoms with Crippen molar-refractivity contribution in [2.75, 3.05) is 38.0 Å². The van der Waals surface area contributed by atoms with Crippen LogP contribution in [0.4, 0.5) is 11.5 Å². The number of carbonyl (C=O) groups excluding carboxylic acids is 1. The maximum atomic E-state index is 11.4. The third-order valence-corrected chi connectivity index (χ3v) is 3.08. The molecule has 0 atom stereocenters. The Bertz CT molecular complexity index is 659. The van der Waals surface area contributed by atoms with Crippen molar-refractivity contribution in [2.24, 2.45) is 4.36 Å². The van der Waals surface area contributed by atoms with E-state index in [0.29, 0.717) is 0 Å². The number of ether oxygens (including phenoxy) is 1. The molecule has 0 bridgehead atoms. The minimum absolute atomic E-state index is 0.0441. The summed E-state index contributed by atoms with van der Waals surface area (Å²) in [5.41, 5.74) is -0.311. The summed E-state index contributed by atoms with van der Waals surface area (Å²) in [6.45, 7) is 0.407. The van der Waals surface area contributed by atoms with E-state index in [1.807, 2.05) is 0 Å². The summed E-state index contributed by atoms with van der Waals surface area (Å²) in [6.07, 6.45) is 2.98. The molecule has 0 amide bonds. The number of methoxy groups -OCH3 is 1. The molecule has 0 saturated heterocycles. The molecule has 0 unspecified atom stereocenters. The molecule has 0 aliphatic rings. The highest BCUT2D eigenvalue weighted by atomic mass is 32.2. The minimum atomic E-state index is -2.22. The number of esters is 1. The zero-order chi connectivity index (χ0) is 16.0. The van der Waals surface area contributed by atoms with Crippen LogP contribution in [0.5, 0.6) is 0 Å². The molecule has 9 nitrogen and oxygen atoms in total. The average molecular weight is 316 g/mol. The molecule has 10 heteroatoms. The van der Waals surface area contributed by atoms with Crippen molar-refractivity contribution < 1.29 is 18.7 Å². The van der Waals surface area contributed by atoms with Gasteiger partial charge in [-0.25, -0.2) is 14.1 Å². The maximum absolute atomic E-state index is 11.4. The summed E-state index contributed by atoms with van der Waals surface area (Å²) in [7, 11) is -1.03. The molecule has 0 aromatic carbocycles. The number of anilines is 1. The van der Waals surface area contributed by atoms with E-state index in [-0.39, 0.29) is 30.3 Å². The van der Waals surface area contributed by atoms with Crippen molar-refractivity contribution in [3.63, 3.8) is 0 Å². The van der Waals surface area contributed by atoms with E-state index >= 15 is 0 Å². The highest BCUT2D eigenvalue weighted by molar-refractivity contribution is 7.92. The summed E-state index contributed by atoms with van der Waals surface area (Å²) in [5, 5.41) is 13.6. The third-order valence-electron chi connectivity index (χ3n) is 2.27. The number of nitro groups is 1. The third kappa shape index (κ3) is 5.34. The molecule has 1 heterocycles. The lowest BCUT2D eigenvalue weighted by Crippen LogP contribution is -2.12. The van der Waals surface area contributed by atoms with Crippen LogP contribution in [-0.2, 0) is 14.5 Å². The standard InChI is InChI=1S/C11H16N4O5S/c1-20-11(16)8-4-5-9(15(17)18)10(14-8)12-6-7-13-21(2,3)19/h4-5H,6-7H2,1-3H3,(H,12,14). The van der Waals surface area contributed by atoms with Crippen molar-refractivity contribution in [3.05, 3.63) is 27.9 Å². The summed E-state index contributed by atoms with van der Waals surface area (Å²) >= 11 is 0. The average Bonchev–Trinajstić information content (AvgIpc) is 2.41. The Morgan fingerprint density at radius 1 is 1.52 bits per heavy atom. The molecule has 1 rings (SSSR count). The molecule has 116 valence electrons. The predicted molar refractivity (Wildman–Crippen MR) is 78.0 cm³/mol. The normalized spacial score (nSPS) is 10.8. The van der Waals surface area contributed by atoms with Gasteiger partial charge in [0.15, 0.2) is 5.69 Å². The lowest BCUT2D eigenvalue weighted by molar-refractivity contribution is -0.384. The topological polar surface area (TPSA) is 124 Å². The van der Waals surface area contributed by atoms with Crippen LogP contribution < -0.4 is 5.32 Å². The number of nitrogens with one attached hydrogen (secondary N) is 1. The van der Waals surface area contributed by atoms with Gasteiger partial charge >= 0.3 is 11.7 Å². The Kier molecular flexibility index (Phi) is 5.59. The molecule has 0 radical (unpaired) electrons. The quantitative estimate of drug-likeness (QED) is 0.358. The van der Waals surface area contributed by atoms with Gasteiger partial charge in [0.1, 0.15) is 0 Å². The van der Waals surface area contributed by atoms with Crippen molar-refractivity contribution in [3.8, 4) is 0 Å². The first-order chi connectivity index (χ1) is 9.74. The van der Waals surface area contributed by atoms with Gasteiger partial charge in [-0.05, 0) is 6.07 Å². The fourth-order valence-electron chi connectivity index (χ4n) is 1.39. The van der Waals surface area contributed by atoms with Crippen LogP contribution in [0.15, 0.2) is 16.5 Å². The van der Waals surface area contributed by atoms with Gasteiger partial charge in [0.25, 0.3) is 0 Å². The Morgan fingerprint density at radius 2 is 2.19 bits per heavy atom. The van der Waals surface area contributed by atoms with Gasteiger partial charge in [0, 0.05) is 34.9 Å². The van der Waals surface area contributed by atoms with Gasteiger partial charge in [-0.1, -0.05) is 0 Å². The van der Waals surface area contributed by atoms with E-state index in [4.69, 9.17) is 0 Å². The molecule has 0 fully saturated rings. The molecule has 1 aromatic heterocycles. The van der Waals surface area contributed by atoms with E-state index in [1.165, 1.54) is 31.8 Å². The number of carbonyl (C=O) groups is 1. The van der Waals surface area contributed by atoms with Crippen LogP contribution in [0.25, 0.3) is 0 Å². The SMILES string of the molecule is COC(=O)c1ccc([N+](=O)[O-])c(NCCN=S(C)(C)=O)n1. The van der Waals surface area contributed by atoms with E-state index in [0.717, 1.165) is 0 Å². The predicted octanol–water partition coefficient (Wildman–Crippen LogP) is 0.916. The van der Waals surface area contributed by atoms with E-state index in [1.54, 1.807) is 0 Å². The number of aromatic nitrogens is 1. The Balaban J connectivity index is 2.94. The largest absolute Gasteiger partial charge is 0.464 e. The van der Waals surface area contributed by atoms with E-state index in [9.17, 15) is 19.1 Å². The number of pyridine rings is 1. The summed E-state index contributed by atoms with van der Waals surface area (Å²) < 4.78 is 19.8. The monoisotopic (exact) mass is 316 g/mol. The van der Waals surface area contributed by atoms with Crippen LogP contribution in [0.2, 0.25) is 0 Å². The second-order valence-corrected chi connectivity index (χ2v) is 6.89. The van der Waals surface area contributed by atoms with Gasteiger partial charge < -0.3 is 10.1 Å². The highest BCUT2D eigenvalue weighted by Crippen LogP contribution is 2.22. The Hall–Kier alpha value is -2.23. The van der Waals surface area contributed by atoms with Gasteiger partial charge in [-0.15, -0.1) is 0 Å². The van der Waals surface area contributed by atoms with Crippen molar-refractivity contribution in [1.29, 1.82) is 0 Å². The molecule has 0 aliphatic carbocycles. The van der Waals surface area contributed by atoms with Crippen LogP contribution >= 0.6 is 0 Å². The zero-order valence-electron chi connectivity index (χ0n) is 11.9. The fourth-order valence-corrected chi connectivity index (χ4v) is 1.92. The summed E-state index contributed by atoms with van der Waals surface area (Å²) in [5.74, 6) is -0.750. The molecule has 0 saturated carbocycles. The van der Waals surface area contributed by atoms with Gasteiger partial charge in [-0.3, -0.25) is 14.3 Å². The highest BCUT2D eigenvalue weighted by Gasteiger charge is 2.18. The molecule has 1 aromatic rings. The number of nitrogens with zero attached hydrogens (tertiary/aromatic N) is 3. The lowest BCUT2D eigenvalue weighted by Gasteiger charge is -2.06. The van der Waals surface area contributed by atoms with Gasteiger partial charge in [0.05, 0.1) is 18.6 Å². The zero-order valence-corrected chi connectivity index (χ0v) is 12.7. The molecular formula is C11H16N4O5S. The number of rotatable bonds is 6. The van der Waals surface area contributed by atoms with Crippen molar-refractivity contribution in [1.82, 2.24) is 4.98 Å². The summed E-state index contributed by atoms with van der Waals surface area (Å²) in [6, 6.07) is 2.38. The van der Waals surface area contributed by atoms with Crippen molar-refractivity contribution >= 4 is 27.2 Å². The first kappa shape index (κ1) is 16.8. The van der Waals surface area contributed by atoms with E-state index < -0.39 is 20.6 Å². The van der Waals surface area contributed by atoms with Crippen LogP contribution in [0.3, 0.4) is 0 Å². The van der Waals surface area contributed by atoms with Gasteiger partial charge in [-0.2, -0.15) is 0 Å². The second-order valence-electron chi connectivity index (χ2n) is 4.27. The Morgan fingerprint density at radius 3 is 2.71 bits per heavy atom. The number of hydrogen-bond acceptors (Lipinski definition) is 8. The molecular weight excluding hydrogens is 300 g/mol. The molecule has 21 heavy (non-hydrogen) atoms.